The molecule has 1 unspecified atom stereocenters. The predicted molar refractivity (Wildman–Crippen MR) is 81.3 cm³/mol. The van der Waals surface area contributed by atoms with Crippen molar-refractivity contribution in [2.24, 2.45) is 0 Å². The van der Waals surface area contributed by atoms with Crippen molar-refractivity contribution in [3.05, 3.63) is 18.2 Å². The zero-order valence-corrected chi connectivity index (χ0v) is 13.2. The molecule has 1 atom stereocenters. The molecule has 0 fully saturated rings. The van der Waals surface area contributed by atoms with Gasteiger partial charge in [-0.15, -0.1) is 0 Å². The van der Waals surface area contributed by atoms with Crippen LogP contribution in [0.25, 0.3) is 0 Å². The average Bonchev–Trinajstić information content (AvgIpc) is 2.35. The number of aliphatic hydroxyl groups excluding tert-OH is 1. The second kappa shape index (κ2) is 6.43. The highest BCUT2D eigenvalue weighted by Gasteiger charge is 2.19. The van der Waals surface area contributed by atoms with E-state index in [9.17, 15) is 13.5 Å². The fraction of sp³-hybridized carbons (Fsp3) is 0.538. The Morgan fingerprint density at radius 1 is 1.30 bits per heavy atom. The molecule has 0 aliphatic heterocycles. The van der Waals surface area contributed by atoms with Crippen LogP contribution in [0.4, 0.5) is 11.4 Å². The largest absolute Gasteiger partial charge is 0.397 e. The minimum atomic E-state index is -3.48. The van der Waals surface area contributed by atoms with E-state index in [4.69, 9.17) is 5.73 Å². The molecule has 0 aromatic heterocycles. The van der Waals surface area contributed by atoms with Crippen molar-refractivity contribution in [3.63, 3.8) is 0 Å². The topological polar surface area (TPSA) is 86.9 Å². The van der Waals surface area contributed by atoms with Gasteiger partial charge in [0.25, 0.3) is 0 Å². The lowest BCUT2D eigenvalue weighted by Gasteiger charge is -2.23. The van der Waals surface area contributed by atoms with Crippen LogP contribution in [0.2, 0.25) is 0 Å². The molecule has 1 aromatic rings. The summed E-state index contributed by atoms with van der Waals surface area (Å²) in [7, 11) is 1.32. The van der Waals surface area contributed by atoms with Crippen LogP contribution in [-0.4, -0.2) is 51.6 Å². The number of rotatable bonds is 6. The Morgan fingerprint density at radius 2 is 1.90 bits per heavy atom. The van der Waals surface area contributed by atoms with Gasteiger partial charge >= 0.3 is 0 Å². The van der Waals surface area contributed by atoms with Gasteiger partial charge in [-0.3, -0.25) is 0 Å². The third-order valence-electron chi connectivity index (χ3n) is 3.07. The first kappa shape index (κ1) is 16.7. The van der Waals surface area contributed by atoms with Crippen LogP contribution in [0, 0.1) is 0 Å². The molecule has 114 valence electrons. The van der Waals surface area contributed by atoms with Crippen LogP contribution in [0.1, 0.15) is 13.3 Å². The Kier molecular flexibility index (Phi) is 5.38. The molecule has 7 heteroatoms. The molecule has 1 rings (SSSR count). The summed E-state index contributed by atoms with van der Waals surface area (Å²) in [5.74, 6) is 0. The number of hydrogen-bond acceptors (Lipinski definition) is 5. The molecule has 0 saturated carbocycles. The van der Waals surface area contributed by atoms with E-state index < -0.39 is 16.1 Å². The normalized spacial score (nSPS) is 13.5. The Morgan fingerprint density at radius 3 is 2.40 bits per heavy atom. The quantitative estimate of drug-likeness (QED) is 0.756. The number of nitrogen functional groups attached to an aromatic ring is 1. The number of hydrogen-bond donors (Lipinski definition) is 2. The van der Waals surface area contributed by atoms with Crippen molar-refractivity contribution < 1.29 is 13.5 Å². The standard InChI is InChI=1S/C13H23N3O3S/c1-10(17)7-8-16(4)13-9-11(5-6-12(13)14)20(18,19)15(2)3/h5-6,9-10,17H,7-8,14H2,1-4H3. The van der Waals surface area contributed by atoms with Crippen LogP contribution < -0.4 is 10.6 Å². The van der Waals surface area contributed by atoms with E-state index in [2.05, 4.69) is 0 Å². The SMILES string of the molecule is CC(O)CCN(C)c1cc(S(=O)(=O)N(C)C)ccc1N. The van der Waals surface area contributed by atoms with Crippen LogP contribution >= 0.6 is 0 Å². The molecule has 0 amide bonds. The van der Waals surface area contributed by atoms with Gasteiger partial charge in [0, 0.05) is 27.7 Å². The lowest BCUT2D eigenvalue weighted by atomic mass is 10.2. The Bertz CT molecular complexity index is 556. The molecule has 0 heterocycles. The van der Waals surface area contributed by atoms with Gasteiger partial charge < -0.3 is 15.7 Å². The summed E-state index contributed by atoms with van der Waals surface area (Å²) in [6, 6.07) is 4.65. The van der Waals surface area contributed by atoms with Gasteiger partial charge in [0.2, 0.25) is 10.0 Å². The van der Waals surface area contributed by atoms with Crippen molar-refractivity contribution in [2.45, 2.75) is 24.3 Å². The summed E-state index contributed by atoms with van der Waals surface area (Å²) in [6.07, 6.45) is 0.174. The highest BCUT2D eigenvalue weighted by Crippen LogP contribution is 2.27. The fourth-order valence-electron chi connectivity index (χ4n) is 1.73. The first-order valence-corrected chi connectivity index (χ1v) is 7.81. The number of aliphatic hydroxyl groups is 1. The number of sulfonamides is 1. The summed E-state index contributed by atoms with van der Waals surface area (Å²) >= 11 is 0. The maximum absolute atomic E-state index is 12.1. The van der Waals surface area contributed by atoms with Crippen LogP contribution in [0.5, 0.6) is 0 Å². The molecule has 0 aliphatic rings. The van der Waals surface area contributed by atoms with Crippen molar-refractivity contribution in [1.29, 1.82) is 0 Å². The fourth-order valence-corrected chi connectivity index (χ4v) is 2.65. The monoisotopic (exact) mass is 301 g/mol. The second-order valence-corrected chi connectivity index (χ2v) is 7.22. The molecule has 6 nitrogen and oxygen atoms in total. The van der Waals surface area contributed by atoms with E-state index >= 15 is 0 Å². The molecular weight excluding hydrogens is 278 g/mol. The van der Waals surface area contributed by atoms with Crippen molar-refractivity contribution in [3.8, 4) is 0 Å². The average molecular weight is 301 g/mol. The van der Waals surface area contributed by atoms with Crippen molar-refractivity contribution in [2.75, 3.05) is 38.3 Å². The molecule has 20 heavy (non-hydrogen) atoms. The van der Waals surface area contributed by atoms with E-state index in [1.807, 2.05) is 11.9 Å². The van der Waals surface area contributed by atoms with Crippen molar-refractivity contribution >= 4 is 21.4 Å². The maximum Gasteiger partial charge on any atom is 0.242 e. The molecular formula is C13H23N3O3S. The predicted octanol–water partition coefficient (Wildman–Crippen LogP) is 0.726. The van der Waals surface area contributed by atoms with E-state index in [1.165, 1.54) is 20.2 Å². The molecule has 3 N–H and O–H groups in total. The van der Waals surface area contributed by atoms with Crippen molar-refractivity contribution in [1.82, 2.24) is 4.31 Å². The Balaban J connectivity index is 3.10. The van der Waals surface area contributed by atoms with Gasteiger partial charge in [-0.1, -0.05) is 0 Å². The van der Waals surface area contributed by atoms with Gasteiger partial charge in [-0.05, 0) is 31.5 Å². The number of benzene rings is 1. The van der Waals surface area contributed by atoms with Gasteiger partial charge in [0.1, 0.15) is 0 Å². The highest BCUT2D eigenvalue weighted by atomic mass is 32.2. The maximum atomic E-state index is 12.1. The molecule has 0 saturated heterocycles. The zero-order valence-electron chi connectivity index (χ0n) is 12.4. The zero-order chi connectivity index (χ0) is 15.5. The number of nitrogens with zero attached hydrogens (tertiary/aromatic N) is 2. The lowest BCUT2D eigenvalue weighted by Crippen LogP contribution is -2.25. The molecule has 0 spiro atoms. The van der Waals surface area contributed by atoms with Crippen LogP contribution in [0.3, 0.4) is 0 Å². The number of nitrogens with two attached hydrogens (primary N) is 1. The van der Waals surface area contributed by atoms with Crippen LogP contribution in [-0.2, 0) is 10.0 Å². The summed E-state index contributed by atoms with van der Waals surface area (Å²) in [5.41, 5.74) is 7.06. The van der Waals surface area contributed by atoms with E-state index in [0.29, 0.717) is 24.3 Å². The Labute approximate surface area is 120 Å². The summed E-state index contributed by atoms with van der Waals surface area (Å²) in [4.78, 5) is 2.05. The summed E-state index contributed by atoms with van der Waals surface area (Å²) < 4.78 is 25.4. The second-order valence-electron chi connectivity index (χ2n) is 5.07. The van der Waals surface area contributed by atoms with Crippen LogP contribution in [0.15, 0.2) is 23.1 Å². The van der Waals surface area contributed by atoms with E-state index in [0.717, 1.165) is 4.31 Å². The summed E-state index contributed by atoms with van der Waals surface area (Å²) in [5, 5.41) is 9.31. The first-order chi connectivity index (χ1) is 9.16. The van der Waals surface area contributed by atoms with Gasteiger partial charge in [-0.25, -0.2) is 12.7 Å². The minimum Gasteiger partial charge on any atom is -0.397 e. The van der Waals surface area contributed by atoms with Gasteiger partial charge in [0.15, 0.2) is 0 Å². The van der Waals surface area contributed by atoms with E-state index in [-0.39, 0.29) is 4.90 Å². The third-order valence-corrected chi connectivity index (χ3v) is 4.89. The number of anilines is 2. The molecule has 1 aromatic carbocycles. The smallest absolute Gasteiger partial charge is 0.242 e. The lowest BCUT2D eigenvalue weighted by molar-refractivity contribution is 0.187. The highest BCUT2D eigenvalue weighted by molar-refractivity contribution is 7.89. The Hall–Kier alpha value is -1.31. The molecule has 0 aliphatic carbocycles. The third kappa shape index (κ3) is 3.84. The molecule has 0 bridgehead atoms. The first-order valence-electron chi connectivity index (χ1n) is 6.37. The summed E-state index contributed by atoms with van der Waals surface area (Å²) in [6.45, 7) is 2.30. The van der Waals surface area contributed by atoms with E-state index in [1.54, 1.807) is 19.1 Å². The molecule has 0 radical (unpaired) electrons. The van der Waals surface area contributed by atoms with Gasteiger partial charge in [-0.2, -0.15) is 0 Å². The van der Waals surface area contributed by atoms with Gasteiger partial charge in [0.05, 0.1) is 22.4 Å². The minimum absolute atomic E-state index is 0.204.